The maximum absolute atomic E-state index is 12.3. The minimum absolute atomic E-state index is 0.185. The molecule has 9 heteroatoms. The molecule has 0 fully saturated rings. The Kier molecular flexibility index (Phi) is 4.94. The van der Waals surface area contributed by atoms with Crippen molar-refractivity contribution in [3.63, 3.8) is 0 Å². The molecule has 28 heavy (non-hydrogen) atoms. The van der Waals surface area contributed by atoms with Gasteiger partial charge in [0.1, 0.15) is 19.0 Å². The number of fused-ring (bicyclic) bond motifs is 2. The number of rotatable bonds is 4. The number of amides is 1. The highest BCUT2D eigenvalue weighted by atomic mass is 32.2. The normalized spacial score (nSPS) is 14.4. The van der Waals surface area contributed by atoms with Gasteiger partial charge in [-0.1, -0.05) is 41.7 Å². The van der Waals surface area contributed by atoms with Crippen molar-refractivity contribution in [1.29, 1.82) is 0 Å². The van der Waals surface area contributed by atoms with Gasteiger partial charge in [0.2, 0.25) is 0 Å². The minimum Gasteiger partial charge on any atom is -0.486 e. The van der Waals surface area contributed by atoms with Gasteiger partial charge in [-0.05, 0) is 5.56 Å². The lowest BCUT2D eigenvalue weighted by atomic mass is 10.2. The van der Waals surface area contributed by atoms with Gasteiger partial charge in [-0.3, -0.25) is 4.79 Å². The Morgan fingerprint density at radius 1 is 1.14 bits per heavy atom. The second kappa shape index (κ2) is 7.40. The van der Waals surface area contributed by atoms with E-state index in [0.29, 0.717) is 35.1 Å². The van der Waals surface area contributed by atoms with Crippen LogP contribution in [0.2, 0.25) is 0 Å². The zero-order valence-corrected chi connectivity index (χ0v) is 16.8. The molecule has 2 aromatic carbocycles. The van der Waals surface area contributed by atoms with Crippen LogP contribution in [0.25, 0.3) is 10.2 Å². The van der Waals surface area contributed by atoms with Gasteiger partial charge in [0, 0.05) is 19.2 Å². The van der Waals surface area contributed by atoms with Crippen LogP contribution in [0.4, 0.5) is 0 Å². The Labute approximate surface area is 165 Å². The molecule has 7 nitrogen and oxygen atoms in total. The summed E-state index contributed by atoms with van der Waals surface area (Å²) >= 11 is 1.30. The van der Waals surface area contributed by atoms with E-state index in [-0.39, 0.29) is 5.75 Å². The molecule has 0 bridgehead atoms. The van der Waals surface area contributed by atoms with Gasteiger partial charge in [0.05, 0.1) is 16.0 Å². The summed E-state index contributed by atoms with van der Waals surface area (Å²) in [5.74, 6) is -0.191. The molecule has 3 aromatic rings. The van der Waals surface area contributed by atoms with E-state index >= 15 is 0 Å². The first-order valence-electron chi connectivity index (χ1n) is 8.62. The van der Waals surface area contributed by atoms with E-state index < -0.39 is 21.5 Å². The zero-order chi connectivity index (χ0) is 19.7. The van der Waals surface area contributed by atoms with E-state index in [2.05, 4.69) is 4.99 Å². The molecule has 0 unspecified atom stereocenters. The topological polar surface area (TPSA) is 87.0 Å². The van der Waals surface area contributed by atoms with Gasteiger partial charge in [-0.15, -0.1) is 0 Å². The van der Waals surface area contributed by atoms with Crippen LogP contribution in [0.1, 0.15) is 5.56 Å². The van der Waals surface area contributed by atoms with Crippen molar-refractivity contribution in [2.45, 2.75) is 5.75 Å². The first-order valence-corrected chi connectivity index (χ1v) is 11.3. The molecule has 0 N–H and O–H groups in total. The van der Waals surface area contributed by atoms with Gasteiger partial charge < -0.3 is 14.0 Å². The fourth-order valence-corrected chi connectivity index (χ4v) is 5.27. The van der Waals surface area contributed by atoms with Gasteiger partial charge in [-0.25, -0.2) is 8.42 Å². The van der Waals surface area contributed by atoms with Crippen LogP contribution in [0.5, 0.6) is 11.5 Å². The van der Waals surface area contributed by atoms with Crippen molar-refractivity contribution in [2.24, 2.45) is 12.0 Å². The number of aryl methyl sites for hydroxylation is 1. The number of thiazole rings is 1. The highest BCUT2D eigenvalue weighted by molar-refractivity contribution is 7.91. The Hall–Kier alpha value is -2.65. The minimum atomic E-state index is -3.60. The molecule has 2 heterocycles. The van der Waals surface area contributed by atoms with Gasteiger partial charge >= 0.3 is 0 Å². The molecule has 1 aromatic heterocycles. The molecule has 0 saturated carbocycles. The fourth-order valence-electron chi connectivity index (χ4n) is 2.98. The fraction of sp³-hybridized carbons (Fsp3) is 0.263. The van der Waals surface area contributed by atoms with Gasteiger partial charge in [-0.2, -0.15) is 4.99 Å². The maximum atomic E-state index is 12.3. The summed E-state index contributed by atoms with van der Waals surface area (Å²) < 4.78 is 38.4. The Bertz CT molecular complexity index is 1210. The Morgan fingerprint density at radius 3 is 2.54 bits per heavy atom. The second-order valence-electron chi connectivity index (χ2n) is 6.43. The summed E-state index contributed by atoms with van der Waals surface area (Å²) in [5, 5.41) is 0. The third kappa shape index (κ3) is 3.95. The monoisotopic (exact) mass is 418 g/mol. The van der Waals surface area contributed by atoms with E-state index in [4.69, 9.17) is 9.47 Å². The molecule has 1 aliphatic rings. The van der Waals surface area contributed by atoms with Crippen molar-refractivity contribution in [3.05, 3.63) is 52.8 Å². The van der Waals surface area contributed by atoms with Crippen LogP contribution in [-0.2, 0) is 27.4 Å². The second-order valence-corrected chi connectivity index (χ2v) is 9.50. The van der Waals surface area contributed by atoms with E-state index in [1.54, 1.807) is 35.9 Å². The molecule has 0 radical (unpaired) electrons. The predicted molar refractivity (Wildman–Crippen MR) is 106 cm³/mol. The molecule has 0 aliphatic carbocycles. The molecule has 146 valence electrons. The predicted octanol–water partition coefficient (Wildman–Crippen LogP) is 2.05. The van der Waals surface area contributed by atoms with Crippen LogP contribution >= 0.6 is 11.3 Å². The Morgan fingerprint density at radius 2 is 1.82 bits per heavy atom. The highest BCUT2D eigenvalue weighted by Gasteiger charge is 2.19. The number of carbonyl (C=O) groups is 1. The number of nitrogens with zero attached hydrogens (tertiary/aromatic N) is 2. The quantitative estimate of drug-likeness (QED) is 0.647. The van der Waals surface area contributed by atoms with Crippen LogP contribution in [0.15, 0.2) is 47.5 Å². The van der Waals surface area contributed by atoms with E-state index in [1.807, 2.05) is 18.2 Å². The zero-order valence-electron chi connectivity index (χ0n) is 15.1. The van der Waals surface area contributed by atoms with Crippen molar-refractivity contribution >= 4 is 37.3 Å². The summed E-state index contributed by atoms with van der Waals surface area (Å²) in [6, 6.07) is 12.5. The molecule has 4 rings (SSSR count). The Balaban J connectivity index is 1.60. The van der Waals surface area contributed by atoms with E-state index in [0.717, 1.165) is 10.2 Å². The lowest BCUT2D eigenvalue weighted by molar-refractivity contribution is -0.115. The van der Waals surface area contributed by atoms with E-state index in [1.165, 1.54) is 11.3 Å². The maximum Gasteiger partial charge on any atom is 0.263 e. The average molecular weight is 418 g/mol. The molecule has 0 spiro atoms. The number of sulfone groups is 1. The van der Waals surface area contributed by atoms with Crippen LogP contribution in [0.3, 0.4) is 0 Å². The summed E-state index contributed by atoms with van der Waals surface area (Å²) in [6.07, 6.45) is 0. The summed E-state index contributed by atoms with van der Waals surface area (Å²) in [5.41, 5.74) is 1.49. The average Bonchev–Trinajstić information content (AvgIpc) is 2.94. The molecule has 0 atom stereocenters. The number of aromatic nitrogens is 1. The summed E-state index contributed by atoms with van der Waals surface area (Å²) in [4.78, 5) is 16.8. The molecule has 1 aliphatic heterocycles. The van der Waals surface area contributed by atoms with Crippen LogP contribution in [0, 0.1) is 0 Å². The summed E-state index contributed by atoms with van der Waals surface area (Å²) in [6.45, 7) is 0.979. The van der Waals surface area contributed by atoms with Crippen molar-refractivity contribution in [2.75, 3.05) is 19.0 Å². The number of hydrogen-bond donors (Lipinski definition) is 0. The van der Waals surface area contributed by atoms with Crippen molar-refractivity contribution in [1.82, 2.24) is 4.57 Å². The summed E-state index contributed by atoms with van der Waals surface area (Å²) in [7, 11) is -1.82. The van der Waals surface area contributed by atoms with Gasteiger partial charge in [0.25, 0.3) is 5.91 Å². The number of hydrogen-bond acceptors (Lipinski definition) is 6. The largest absolute Gasteiger partial charge is 0.486 e. The lowest BCUT2D eigenvalue weighted by Crippen LogP contribution is -2.20. The first-order chi connectivity index (χ1) is 13.4. The number of benzene rings is 2. The number of ether oxygens (including phenoxy) is 2. The van der Waals surface area contributed by atoms with E-state index in [9.17, 15) is 13.2 Å². The standard InChI is InChI=1S/C19H18N2O5S2/c1-21-14-9-15-16(26-8-7-25-15)10-17(14)27-19(21)20-18(22)12-28(23,24)11-13-5-3-2-4-6-13/h2-6,9-10H,7-8,11-12H2,1H3. The van der Waals surface area contributed by atoms with Crippen LogP contribution in [-0.4, -0.2) is 37.9 Å². The molecular formula is C19H18N2O5S2. The number of carbonyl (C=O) groups excluding carboxylic acids is 1. The highest BCUT2D eigenvalue weighted by Crippen LogP contribution is 2.35. The van der Waals surface area contributed by atoms with Crippen molar-refractivity contribution < 1.29 is 22.7 Å². The molecular weight excluding hydrogens is 400 g/mol. The van der Waals surface area contributed by atoms with Crippen LogP contribution < -0.4 is 14.3 Å². The van der Waals surface area contributed by atoms with Crippen molar-refractivity contribution in [3.8, 4) is 11.5 Å². The first kappa shape index (κ1) is 18.7. The SMILES string of the molecule is Cn1c(=NC(=O)CS(=O)(=O)Cc2ccccc2)sc2cc3c(cc21)OCCO3. The lowest BCUT2D eigenvalue weighted by Gasteiger charge is -2.18. The molecule has 0 saturated heterocycles. The third-order valence-electron chi connectivity index (χ3n) is 4.27. The molecule has 1 amide bonds. The smallest absolute Gasteiger partial charge is 0.263 e. The third-order valence-corrected chi connectivity index (χ3v) is 6.82. The van der Waals surface area contributed by atoms with Gasteiger partial charge in [0.15, 0.2) is 26.1 Å².